The number of amides is 3. The van der Waals surface area contributed by atoms with Crippen LogP contribution in [0.5, 0.6) is 0 Å². The van der Waals surface area contributed by atoms with Crippen LogP contribution in [0.1, 0.15) is 74.4 Å². The Kier molecular flexibility index (Phi) is 18.7. The van der Waals surface area contributed by atoms with Crippen LogP contribution in [-0.2, 0) is 32.0 Å². The van der Waals surface area contributed by atoms with Gasteiger partial charge in [0.15, 0.2) is 0 Å². The fraction of sp³-hybridized carbons (Fsp3) is 0.588. The second kappa shape index (κ2) is 21.2. The second-order valence-corrected chi connectivity index (χ2v) is 13.6. The molecule has 0 saturated heterocycles. The van der Waals surface area contributed by atoms with Gasteiger partial charge in [-0.2, -0.15) is 13.2 Å². The number of hydrogen-bond donors (Lipinski definition) is 4. The molecule has 2 rings (SSSR count). The van der Waals surface area contributed by atoms with Gasteiger partial charge in [-0.3, -0.25) is 19.2 Å². The second-order valence-electron chi connectivity index (χ2n) is 12.7. The van der Waals surface area contributed by atoms with E-state index in [2.05, 4.69) is 29.5 Å². The van der Waals surface area contributed by atoms with Crippen molar-refractivity contribution in [3.8, 4) is 0 Å². The number of benzene rings is 1. The Hall–Kier alpha value is -4.05. The van der Waals surface area contributed by atoms with Crippen LogP contribution in [0.25, 0.3) is 0 Å². The van der Waals surface area contributed by atoms with Gasteiger partial charge in [0.05, 0.1) is 11.6 Å². The average Bonchev–Trinajstić information content (AvgIpc) is 3.51. The minimum absolute atomic E-state index is 0.0184. The predicted octanol–water partition coefficient (Wildman–Crippen LogP) is 4.49. The molecular weight excluding hydrogens is 679 g/mol. The Morgan fingerprint density at radius 3 is 2.06 bits per heavy atom. The molecule has 0 aliphatic heterocycles. The monoisotopic (exact) mass is 729 g/mol. The largest absolute Gasteiger partial charge is 0.490 e. The van der Waals surface area contributed by atoms with Crippen LogP contribution in [0.3, 0.4) is 0 Å². The zero-order valence-electron chi connectivity index (χ0n) is 29.6. The van der Waals surface area contributed by atoms with E-state index in [9.17, 15) is 37.5 Å². The van der Waals surface area contributed by atoms with E-state index < -0.39 is 24.2 Å². The summed E-state index contributed by atoms with van der Waals surface area (Å²) in [6, 6.07) is 8.63. The molecule has 1 aromatic carbocycles. The van der Waals surface area contributed by atoms with Gasteiger partial charge in [0.1, 0.15) is 11.7 Å². The third-order valence-electron chi connectivity index (χ3n) is 7.92. The fourth-order valence-corrected chi connectivity index (χ4v) is 5.82. The van der Waals surface area contributed by atoms with E-state index in [1.807, 2.05) is 58.3 Å². The molecule has 0 radical (unpaired) electrons. The van der Waals surface area contributed by atoms with Crippen molar-refractivity contribution in [3.63, 3.8) is 0 Å². The number of aromatic nitrogens is 1. The number of rotatable bonds is 18. The molecule has 12 nitrogen and oxygen atoms in total. The lowest BCUT2D eigenvalue weighted by molar-refractivity contribution is -0.192. The average molecular weight is 730 g/mol. The Morgan fingerprint density at radius 1 is 0.960 bits per heavy atom. The Balaban J connectivity index is 0.00000161. The van der Waals surface area contributed by atoms with Crippen molar-refractivity contribution in [2.75, 3.05) is 27.7 Å². The molecular formula is C34H50F3N5O7S. The summed E-state index contributed by atoms with van der Waals surface area (Å²) >= 11 is 1.40. The van der Waals surface area contributed by atoms with E-state index in [4.69, 9.17) is 9.90 Å². The summed E-state index contributed by atoms with van der Waals surface area (Å²) in [7, 11) is 5.43. The SMILES string of the molecule is CC[C@H](C)[C@H](NC(=O)CN(C)C)C(=O)N(C)[C@H](CCc1nc(C(=O)N[C@H](CCC(=O)O)Cc2ccccc2)cs1)C(C)C.O=C(O)C(F)(F)F. The van der Waals surface area contributed by atoms with Crippen LogP contribution < -0.4 is 10.6 Å². The summed E-state index contributed by atoms with van der Waals surface area (Å²) < 4.78 is 31.7. The number of carboxylic acids is 2. The Labute approximate surface area is 295 Å². The van der Waals surface area contributed by atoms with Crippen LogP contribution in [0, 0.1) is 11.8 Å². The highest BCUT2D eigenvalue weighted by atomic mass is 32.1. The Bertz CT molecular complexity index is 1390. The normalized spacial score (nSPS) is 13.8. The zero-order chi connectivity index (χ0) is 38.2. The summed E-state index contributed by atoms with van der Waals surface area (Å²) in [5, 5.41) is 24.7. The minimum atomic E-state index is -5.08. The summed E-state index contributed by atoms with van der Waals surface area (Å²) in [6.07, 6.45) is -2.28. The first-order valence-corrected chi connectivity index (χ1v) is 17.2. The van der Waals surface area contributed by atoms with Gasteiger partial charge in [-0.25, -0.2) is 9.78 Å². The molecule has 0 unspecified atom stereocenters. The number of nitrogens with one attached hydrogen (secondary N) is 2. The van der Waals surface area contributed by atoms with Crippen molar-refractivity contribution in [2.24, 2.45) is 11.8 Å². The Morgan fingerprint density at radius 2 is 1.56 bits per heavy atom. The fourth-order valence-electron chi connectivity index (χ4n) is 5.03. The molecule has 16 heteroatoms. The van der Waals surface area contributed by atoms with Gasteiger partial charge < -0.3 is 30.6 Å². The highest BCUT2D eigenvalue weighted by molar-refractivity contribution is 7.09. The summed E-state index contributed by atoms with van der Waals surface area (Å²) in [4.78, 5) is 67.4. The number of thiazole rings is 1. The van der Waals surface area contributed by atoms with Gasteiger partial charge >= 0.3 is 18.1 Å². The third-order valence-corrected chi connectivity index (χ3v) is 8.83. The number of nitrogens with zero attached hydrogens (tertiary/aromatic N) is 3. The van der Waals surface area contributed by atoms with Gasteiger partial charge in [-0.1, -0.05) is 64.4 Å². The molecule has 0 aliphatic rings. The maximum atomic E-state index is 13.6. The molecule has 0 aliphatic carbocycles. The number of halogens is 3. The molecule has 0 bridgehead atoms. The van der Waals surface area contributed by atoms with Crippen LogP contribution in [0.15, 0.2) is 35.7 Å². The quantitative estimate of drug-likeness (QED) is 0.173. The number of aliphatic carboxylic acids is 2. The zero-order valence-corrected chi connectivity index (χ0v) is 30.4. The summed E-state index contributed by atoms with van der Waals surface area (Å²) in [5.41, 5.74) is 1.32. The van der Waals surface area contributed by atoms with E-state index >= 15 is 0 Å². The van der Waals surface area contributed by atoms with Crippen LogP contribution in [0.4, 0.5) is 13.2 Å². The van der Waals surface area contributed by atoms with Crippen molar-refractivity contribution in [2.45, 2.75) is 90.5 Å². The number of aryl methyl sites for hydroxylation is 1. The van der Waals surface area contributed by atoms with Gasteiger partial charge in [-0.05, 0) is 50.8 Å². The lowest BCUT2D eigenvalue weighted by atomic mass is 9.93. The molecule has 4 atom stereocenters. The summed E-state index contributed by atoms with van der Waals surface area (Å²) in [6.45, 7) is 8.34. The number of alkyl halides is 3. The minimum Gasteiger partial charge on any atom is -0.481 e. The highest BCUT2D eigenvalue weighted by Crippen LogP contribution is 2.22. The van der Waals surface area contributed by atoms with E-state index in [1.54, 1.807) is 22.2 Å². The smallest absolute Gasteiger partial charge is 0.481 e. The molecule has 280 valence electrons. The van der Waals surface area contributed by atoms with Crippen molar-refractivity contribution in [1.82, 2.24) is 25.4 Å². The highest BCUT2D eigenvalue weighted by Gasteiger charge is 2.38. The van der Waals surface area contributed by atoms with Crippen molar-refractivity contribution < 1.29 is 47.4 Å². The number of hydrogen-bond acceptors (Lipinski definition) is 8. The van der Waals surface area contributed by atoms with Crippen molar-refractivity contribution in [3.05, 3.63) is 52.0 Å². The van der Waals surface area contributed by atoms with Crippen molar-refractivity contribution in [1.29, 1.82) is 0 Å². The van der Waals surface area contributed by atoms with E-state index in [1.165, 1.54) is 11.3 Å². The predicted molar refractivity (Wildman–Crippen MR) is 184 cm³/mol. The van der Waals surface area contributed by atoms with Crippen molar-refractivity contribution >= 4 is 41.0 Å². The maximum absolute atomic E-state index is 13.6. The van der Waals surface area contributed by atoms with Crippen LogP contribution in [-0.4, -0.2) is 107 Å². The summed E-state index contributed by atoms with van der Waals surface area (Å²) in [5.74, 6) is -4.13. The lowest BCUT2D eigenvalue weighted by Crippen LogP contribution is -2.55. The number of carbonyl (C=O) groups is 5. The van der Waals surface area contributed by atoms with Gasteiger partial charge in [0.25, 0.3) is 5.91 Å². The van der Waals surface area contributed by atoms with Crippen LogP contribution >= 0.6 is 11.3 Å². The standard InChI is InChI=1S/C32H49N5O5S.C2HF3O2/c1-8-22(4)30(35-27(38)19-36(5)6)32(42)37(7)26(21(2)3)15-16-28-34-25(20-43-28)31(41)33-24(14-17-29(39)40)18-23-12-10-9-11-13-23;3-2(4,5)1(6)7/h9-13,20-22,24,26,30H,8,14-19H2,1-7H3,(H,33,41)(H,35,38)(H,39,40);(H,6,7)/t22-,24+,26+,30-;/m0./s1. The first kappa shape index (κ1) is 44.0. The first-order chi connectivity index (χ1) is 23.3. The lowest BCUT2D eigenvalue weighted by Gasteiger charge is -2.35. The van der Waals surface area contributed by atoms with Crippen LogP contribution in [0.2, 0.25) is 0 Å². The van der Waals surface area contributed by atoms with Gasteiger partial charge in [-0.15, -0.1) is 11.3 Å². The maximum Gasteiger partial charge on any atom is 0.490 e. The number of likely N-dealkylation sites (N-methyl/N-ethyl adjacent to an activating group) is 2. The molecule has 3 amide bonds. The number of carbonyl (C=O) groups excluding carboxylic acids is 3. The first-order valence-electron chi connectivity index (χ1n) is 16.3. The van der Waals surface area contributed by atoms with Gasteiger partial charge in [0.2, 0.25) is 11.8 Å². The van der Waals surface area contributed by atoms with E-state index in [0.29, 0.717) is 31.4 Å². The molecule has 1 heterocycles. The number of carboxylic acid groups (broad SMARTS) is 2. The van der Waals surface area contributed by atoms with E-state index in [0.717, 1.165) is 17.0 Å². The molecule has 0 spiro atoms. The molecule has 2 aromatic rings. The van der Waals surface area contributed by atoms with Gasteiger partial charge in [0, 0.05) is 37.4 Å². The topological polar surface area (TPSA) is 169 Å². The molecule has 1 aromatic heterocycles. The van der Waals surface area contributed by atoms with E-state index in [-0.39, 0.29) is 54.6 Å². The molecule has 50 heavy (non-hydrogen) atoms. The molecule has 4 N–H and O–H groups in total. The molecule has 0 fully saturated rings. The molecule has 0 saturated carbocycles. The third kappa shape index (κ3) is 16.1.